The zero-order chi connectivity index (χ0) is 13.6. The molecule has 5 heteroatoms. The highest BCUT2D eigenvalue weighted by atomic mass is 19.1. The van der Waals surface area contributed by atoms with Gasteiger partial charge in [-0.05, 0) is 55.6 Å². The van der Waals surface area contributed by atoms with Gasteiger partial charge in [0, 0.05) is 6.54 Å². The van der Waals surface area contributed by atoms with Gasteiger partial charge in [0.1, 0.15) is 11.5 Å². The first kappa shape index (κ1) is 12.4. The summed E-state index contributed by atoms with van der Waals surface area (Å²) in [6.45, 7) is 2.39. The first-order chi connectivity index (χ1) is 9.02. The van der Waals surface area contributed by atoms with E-state index in [1.54, 1.807) is 6.92 Å². The van der Waals surface area contributed by atoms with Crippen molar-refractivity contribution in [2.75, 3.05) is 11.9 Å². The van der Waals surface area contributed by atoms with Crippen LogP contribution in [-0.4, -0.2) is 11.5 Å². The molecular formula is C14H17FN2O2. The number of rotatable bonds is 5. The fraction of sp³-hybridized carbons (Fsp3) is 0.571. The summed E-state index contributed by atoms with van der Waals surface area (Å²) >= 11 is 0. The van der Waals surface area contributed by atoms with Gasteiger partial charge in [-0.1, -0.05) is 0 Å². The summed E-state index contributed by atoms with van der Waals surface area (Å²) in [7, 11) is 0. The molecule has 4 nitrogen and oxygen atoms in total. The minimum atomic E-state index is -0.527. The molecule has 0 unspecified atom stereocenters. The van der Waals surface area contributed by atoms with Gasteiger partial charge >= 0.3 is 0 Å². The molecule has 2 aliphatic carbocycles. The molecule has 0 heterocycles. The molecule has 0 saturated heterocycles. The number of aryl methyl sites for hydroxylation is 1. The van der Waals surface area contributed by atoms with Gasteiger partial charge in [-0.25, -0.2) is 4.39 Å². The summed E-state index contributed by atoms with van der Waals surface area (Å²) in [6.07, 6.45) is 4.98. The number of nitro groups is 1. The lowest BCUT2D eigenvalue weighted by atomic mass is 10.0. The number of nitro benzene ring substituents is 1. The molecule has 0 aliphatic heterocycles. The zero-order valence-electron chi connectivity index (χ0n) is 10.9. The smallest absolute Gasteiger partial charge is 0.295 e. The average Bonchev–Trinajstić information content (AvgIpc) is 3.23. The van der Waals surface area contributed by atoms with Gasteiger partial charge in [0.25, 0.3) is 5.69 Å². The Labute approximate surface area is 111 Å². The topological polar surface area (TPSA) is 55.2 Å². The third kappa shape index (κ3) is 2.29. The van der Waals surface area contributed by atoms with Crippen LogP contribution >= 0.6 is 0 Å². The van der Waals surface area contributed by atoms with Crippen molar-refractivity contribution < 1.29 is 9.31 Å². The standard InChI is InChI=1S/C14H17FN2O2/c1-9-6-12(13(17(18)19)7-11(9)15)16-8-14(4-5-14)10-2-3-10/h6-7,10,16H,2-5,8H2,1H3. The molecule has 1 aromatic rings. The van der Waals surface area contributed by atoms with Crippen LogP contribution in [0.2, 0.25) is 0 Å². The van der Waals surface area contributed by atoms with Crippen molar-refractivity contribution in [2.45, 2.75) is 32.6 Å². The lowest BCUT2D eigenvalue weighted by Gasteiger charge is -2.16. The molecule has 0 aromatic heterocycles. The van der Waals surface area contributed by atoms with Gasteiger partial charge < -0.3 is 5.32 Å². The molecule has 0 bridgehead atoms. The molecular weight excluding hydrogens is 247 g/mol. The van der Waals surface area contributed by atoms with E-state index in [1.165, 1.54) is 31.7 Å². The van der Waals surface area contributed by atoms with Crippen LogP contribution < -0.4 is 5.32 Å². The van der Waals surface area contributed by atoms with Crippen LogP contribution in [0.3, 0.4) is 0 Å². The van der Waals surface area contributed by atoms with E-state index in [0.717, 1.165) is 18.5 Å². The van der Waals surface area contributed by atoms with E-state index in [9.17, 15) is 14.5 Å². The van der Waals surface area contributed by atoms with Crippen LogP contribution in [0.1, 0.15) is 31.2 Å². The molecule has 0 amide bonds. The molecule has 3 rings (SSSR count). The van der Waals surface area contributed by atoms with Crippen molar-refractivity contribution in [2.24, 2.45) is 11.3 Å². The Morgan fingerprint density at radius 3 is 2.68 bits per heavy atom. The fourth-order valence-electron chi connectivity index (χ4n) is 2.82. The largest absolute Gasteiger partial charge is 0.379 e. The van der Waals surface area contributed by atoms with Crippen molar-refractivity contribution in [3.8, 4) is 0 Å². The number of nitrogens with zero attached hydrogens (tertiary/aromatic N) is 1. The minimum absolute atomic E-state index is 0.172. The van der Waals surface area contributed by atoms with E-state index in [4.69, 9.17) is 0 Å². The first-order valence-electron chi connectivity index (χ1n) is 6.70. The third-order valence-electron chi connectivity index (χ3n) is 4.44. The van der Waals surface area contributed by atoms with Crippen LogP contribution in [0.4, 0.5) is 15.8 Å². The predicted molar refractivity (Wildman–Crippen MR) is 70.7 cm³/mol. The summed E-state index contributed by atoms with van der Waals surface area (Å²) in [6, 6.07) is 2.55. The highest BCUT2D eigenvalue weighted by Crippen LogP contribution is 2.61. The first-order valence-corrected chi connectivity index (χ1v) is 6.70. The van der Waals surface area contributed by atoms with E-state index < -0.39 is 10.7 Å². The Bertz CT molecular complexity index is 536. The van der Waals surface area contributed by atoms with Gasteiger partial charge in [0.05, 0.1) is 11.0 Å². The molecule has 2 fully saturated rings. The van der Waals surface area contributed by atoms with Gasteiger partial charge in [0.2, 0.25) is 0 Å². The van der Waals surface area contributed by atoms with Gasteiger partial charge in [-0.2, -0.15) is 0 Å². The number of hydrogen-bond donors (Lipinski definition) is 1. The third-order valence-corrected chi connectivity index (χ3v) is 4.44. The van der Waals surface area contributed by atoms with Crippen LogP contribution in [0.25, 0.3) is 0 Å². The maximum atomic E-state index is 13.4. The monoisotopic (exact) mass is 264 g/mol. The number of anilines is 1. The number of nitrogens with one attached hydrogen (secondary N) is 1. The SMILES string of the molecule is Cc1cc(NCC2(C3CC3)CC2)c([N+](=O)[O-])cc1F. The van der Waals surface area contributed by atoms with Crippen molar-refractivity contribution in [3.05, 3.63) is 33.6 Å². The Morgan fingerprint density at radius 1 is 1.47 bits per heavy atom. The van der Waals surface area contributed by atoms with Crippen LogP contribution in [0.5, 0.6) is 0 Å². The van der Waals surface area contributed by atoms with E-state index in [1.807, 2.05) is 0 Å². The second-order valence-electron chi connectivity index (χ2n) is 5.87. The van der Waals surface area contributed by atoms with Gasteiger partial charge in [0.15, 0.2) is 0 Å². The highest BCUT2D eigenvalue weighted by Gasteiger charge is 2.53. The van der Waals surface area contributed by atoms with E-state index in [-0.39, 0.29) is 5.69 Å². The quantitative estimate of drug-likeness (QED) is 0.652. The lowest BCUT2D eigenvalue weighted by molar-refractivity contribution is -0.384. The lowest BCUT2D eigenvalue weighted by Crippen LogP contribution is -2.18. The summed E-state index contributed by atoms with van der Waals surface area (Å²) in [5.41, 5.74) is 1.06. The Balaban J connectivity index is 1.79. The average molecular weight is 264 g/mol. The van der Waals surface area contributed by atoms with E-state index in [2.05, 4.69) is 5.32 Å². The second kappa shape index (κ2) is 4.18. The Kier molecular flexibility index (Phi) is 2.73. The van der Waals surface area contributed by atoms with Gasteiger partial charge in [-0.3, -0.25) is 10.1 Å². The van der Waals surface area contributed by atoms with Crippen molar-refractivity contribution in [3.63, 3.8) is 0 Å². The fourth-order valence-corrected chi connectivity index (χ4v) is 2.82. The van der Waals surface area contributed by atoms with Crippen molar-refractivity contribution in [1.82, 2.24) is 0 Å². The maximum Gasteiger partial charge on any atom is 0.295 e. The molecule has 0 atom stereocenters. The summed E-state index contributed by atoms with van der Waals surface area (Å²) in [4.78, 5) is 10.4. The number of halogens is 1. The highest BCUT2D eigenvalue weighted by molar-refractivity contribution is 5.63. The van der Waals surface area contributed by atoms with Crippen LogP contribution in [-0.2, 0) is 0 Å². The Morgan fingerprint density at radius 2 is 2.16 bits per heavy atom. The zero-order valence-corrected chi connectivity index (χ0v) is 10.9. The predicted octanol–water partition coefficient (Wildman–Crippen LogP) is 3.64. The normalized spacial score (nSPS) is 20.1. The molecule has 2 saturated carbocycles. The molecule has 1 aromatic carbocycles. The second-order valence-corrected chi connectivity index (χ2v) is 5.87. The summed E-state index contributed by atoms with van der Waals surface area (Å²) < 4.78 is 13.4. The van der Waals surface area contributed by atoms with E-state index >= 15 is 0 Å². The van der Waals surface area contributed by atoms with E-state index in [0.29, 0.717) is 16.7 Å². The molecule has 1 N–H and O–H groups in total. The van der Waals surface area contributed by atoms with Gasteiger partial charge in [-0.15, -0.1) is 0 Å². The van der Waals surface area contributed by atoms with Crippen LogP contribution in [0, 0.1) is 34.2 Å². The maximum absolute atomic E-state index is 13.4. The molecule has 0 spiro atoms. The molecule has 19 heavy (non-hydrogen) atoms. The summed E-state index contributed by atoms with van der Waals surface area (Å²) in [5, 5.41) is 14.1. The molecule has 102 valence electrons. The molecule has 0 radical (unpaired) electrons. The van der Waals surface area contributed by atoms with Crippen LogP contribution in [0.15, 0.2) is 12.1 Å². The number of hydrogen-bond acceptors (Lipinski definition) is 3. The minimum Gasteiger partial charge on any atom is -0.379 e. The number of benzene rings is 1. The Hall–Kier alpha value is -1.65. The summed E-state index contributed by atoms with van der Waals surface area (Å²) in [5.74, 6) is 0.265. The van der Waals surface area contributed by atoms with Crippen molar-refractivity contribution in [1.29, 1.82) is 0 Å². The van der Waals surface area contributed by atoms with Crippen molar-refractivity contribution >= 4 is 11.4 Å². The molecule has 2 aliphatic rings.